The molecule has 0 spiro atoms. The number of rotatable bonds is 9. The molecule has 0 saturated heterocycles. The monoisotopic (exact) mass is 504 g/mol. The fourth-order valence-corrected chi connectivity index (χ4v) is 3.50. The van der Waals surface area contributed by atoms with Gasteiger partial charge in [0.25, 0.3) is 0 Å². The van der Waals surface area contributed by atoms with Crippen molar-refractivity contribution in [2.24, 2.45) is 0 Å². The van der Waals surface area contributed by atoms with Crippen LogP contribution in [0.15, 0.2) is 76.1 Å². The van der Waals surface area contributed by atoms with Crippen LogP contribution >= 0.6 is 0 Å². The number of methoxy groups -OCH3 is 2. The molecule has 0 aliphatic heterocycles. The Morgan fingerprint density at radius 2 is 1.51 bits per heavy atom. The molecule has 190 valence electrons. The largest absolute Gasteiger partial charge is 0.496 e. The van der Waals surface area contributed by atoms with E-state index in [0.29, 0.717) is 29.4 Å². The summed E-state index contributed by atoms with van der Waals surface area (Å²) in [6.45, 7) is 2.25. The molecule has 1 heterocycles. The highest BCUT2D eigenvalue weighted by Crippen LogP contribution is 2.30. The van der Waals surface area contributed by atoms with Crippen molar-refractivity contribution in [2.75, 3.05) is 20.8 Å². The van der Waals surface area contributed by atoms with E-state index in [9.17, 15) is 14.4 Å². The second-order valence-corrected chi connectivity index (χ2v) is 7.78. The van der Waals surface area contributed by atoms with Crippen molar-refractivity contribution in [1.82, 2.24) is 0 Å². The predicted molar refractivity (Wildman–Crippen MR) is 134 cm³/mol. The highest BCUT2D eigenvalue weighted by Gasteiger charge is 2.21. The molecule has 0 bridgehead atoms. The summed E-state index contributed by atoms with van der Waals surface area (Å²) < 4.78 is 32.3. The third-order valence-corrected chi connectivity index (χ3v) is 5.31. The van der Waals surface area contributed by atoms with Crippen LogP contribution in [0.2, 0.25) is 0 Å². The second kappa shape index (κ2) is 11.3. The summed E-state index contributed by atoms with van der Waals surface area (Å²) in [6, 6.07) is 15.5. The minimum absolute atomic E-state index is 0.0442. The zero-order valence-corrected chi connectivity index (χ0v) is 20.4. The average Bonchev–Trinajstić information content (AvgIpc) is 2.93. The van der Waals surface area contributed by atoms with E-state index in [1.807, 2.05) is 6.92 Å². The summed E-state index contributed by atoms with van der Waals surface area (Å²) >= 11 is 0. The maximum atomic E-state index is 12.9. The standard InChI is InChI=1S/C28H24O9/c1-4-14-34-27(30)17-8-10-18(11-9-17)36-24-16-35-23-15-19(12-13-20(23)26(24)29)37-28(31)25-21(32-2)6-5-7-22(25)33-3/h5-13,15-16H,4,14H2,1-3H3. The highest BCUT2D eigenvalue weighted by atomic mass is 16.5. The molecule has 1 aromatic heterocycles. The van der Waals surface area contributed by atoms with Crippen molar-refractivity contribution in [1.29, 1.82) is 0 Å². The van der Waals surface area contributed by atoms with Gasteiger partial charge in [0.05, 0.1) is 31.8 Å². The summed E-state index contributed by atoms with van der Waals surface area (Å²) in [5.41, 5.74) is 0.280. The smallest absolute Gasteiger partial charge is 0.351 e. The Labute approximate surface area is 212 Å². The van der Waals surface area contributed by atoms with Gasteiger partial charge in [-0.15, -0.1) is 0 Å². The van der Waals surface area contributed by atoms with E-state index < -0.39 is 17.4 Å². The van der Waals surface area contributed by atoms with Gasteiger partial charge in [-0.2, -0.15) is 0 Å². The maximum Gasteiger partial charge on any atom is 0.351 e. The number of carbonyl (C=O) groups excluding carboxylic acids is 2. The Morgan fingerprint density at radius 3 is 2.16 bits per heavy atom. The van der Waals surface area contributed by atoms with Gasteiger partial charge in [-0.1, -0.05) is 13.0 Å². The maximum absolute atomic E-state index is 12.9. The molecule has 0 atom stereocenters. The lowest BCUT2D eigenvalue weighted by Crippen LogP contribution is -2.12. The fraction of sp³-hybridized carbons (Fsp3) is 0.179. The first kappa shape index (κ1) is 25.3. The van der Waals surface area contributed by atoms with E-state index in [-0.39, 0.29) is 28.0 Å². The van der Waals surface area contributed by atoms with Crippen molar-refractivity contribution < 1.29 is 37.7 Å². The molecule has 37 heavy (non-hydrogen) atoms. The van der Waals surface area contributed by atoms with Crippen LogP contribution < -0.4 is 24.4 Å². The molecule has 4 aromatic rings. The lowest BCUT2D eigenvalue weighted by atomic mass is 10.1. The second-order valence-electron chi connectivity index (χ2n) is 7.78. The number of fused-ring (bicyclic) bond motifs is 1. The van der Waals surface area contributed by atoms with Crippen LogP contribution in [0.25, 0.3) is 11.0 Å². The lowest BCUT2D eigenvalue weighted by molar-refractivity contribution is 0.0504. The van der Waals surface area contributed by atoms with Crippen molar-refractivity contribution in [3.8, 4) is 28.7 Å². The van der Waals surface area contributed by atoms with Gasteiger partial charge in [0, 0.05) is 6.07 Å². The number of hydrogen-bond donors (Lipinski definition) is 0. The number of ether oxygens (including phenoxy) is 5. The molecule has 3 aromatic carbocycles. The van der Waals surface area contributed by atoms with Crippen molar-refractivity contribution >= 4 is 22.9 Å². The number of benzene rings is 3. The van der Waals surface area contributed by atoms with Crippen LogP contribution in [0.1, 0.15) is 34.1 Å². The molecular formula is C28H24O9. The Kier molecular flexibility index (Phi) is 7.73. The lowest BCUT2D eigenvalue weighted by Gasteiger charge is -2.12. The molecule has 9 heteroatoms. The summed E-state index contributed by atoms with van der Waals surface area (Å²) in [6.07, 6.45) is 1.90. The summed E-state index contributed by atoms with van der Waals surface area (Å²) in [5.74, 6) is -0.0777. The van der Waals surface area contributed by atoms with Crippen LogP contribution in [0, 0.1) is 0 Å². The van der Waals surface area contributed by atoms with Crippen molar-refractivity contribution in [3.63, 3.8) is 0 Å². The number of esters is 2. The predicted octanol–water partition coefficient (Wildman–Crippen LogP) is 5.39. The highest BCUT2D eigenvalue weighted by molar-refractivity contribution is 5.97. The zero-order chi connectivity index (χ0) is 26.4. The number of carbonyl (C=O) groups is 2. The Bertz CT molecular complexity index is 1460. The van der Waals surface area contributed by atoms with Gasteiger partial charge in [-0.3, -0.25) is 4.79 Å². The molecule has 0 aliphatic rings. The van der Waals surface area contributed by atoms with E-state index in [4.69, 9.17) is 28.1 Å². The van der Waals surface area contributed by atoms with Crippen LogP contribution in [-0.2, 0) is 4.74 Å². The molecule has 0 saturated carbocycles. The minimum Gasteiger partial charge on any atom is -0.496 e. The number of hydrogen-bond acceptors (Lipinski definition) is 9. The van der Waals surface area contributed by atoms with Gasteiger partial charge in [0.1, 0.15) is 40.4 Å². The van der Waals surface area contributed by atoms with Crippen LogP contribution in [0.4, 0.5) is 0 Å². The van der Waals surface area contributed by atoms with Crippen LogP contribution in [0.3, 0.4) is 0 Å². The first-order valence-electron chi connectivity index (χ1n) is 11.4. The van der Waals surface area contributed by atoms with E-state index in [0.717, 1.165) is 6.42 Å². The third kappa shape index (κ3) is 5.56. The average molecular weight is 504 g/mol. The van der Waals surface area contributed by atoms with Gasteiger partial charge in [-0.25, -0.2) is 9.59 Å². The normalized spacial score (nSPS) is 10.6. The van der Waals surface area contributed by atoms with Gasteiger partial charge in [0.15, 0.2) is 0 Å². The van der Waals surface area contributed by atoms with Crippen LogP contribution in [-0.4, -0.2) is 32.8 Å². The van der Waals surface area contributed by atoms with Crippen LogP contribution in [0.5, 0.6) is 28.7 Å². The molecule has 0 fully saturated rings. The topological polar surface area (TPSA) is 110 Å². The molecule has 0 aliphatic carbocycles. The first-order valence-corrected chi connectivity index (χ1v) is 11.4. The minimum atomic E-state index is -0.696. The quantitative estimate of drug-likeness (QED) is 0.219. The Morgan fingerprint density at radius 1 is 0.838 bits per heavy atom. The molecule has 0 unspecified atom stereocenters. The SMILES string of the molecule is CCCOC(=O)c1ccc(Oc2coc3cc(OC(=O)c4c(OC)cccc4OC)ccc3c2=O)cc1. The van der Waals surface area contributed by atoms with Gasteiger partial charge >= 0.3 is 11.9 Å². The molecule has 0 radical (unpaired) electrons. The van der Waals surface area contributed by atoms with E-state index in [2.05, 4.69) is 0 Å². The van der Waals surface area contributed by atoms with Gasteiger partial charge in [-0.05, 0) is 55.0 Å². The fourth-order valence-electron chi connectivity index (χ4n) is 3.50. The third-order valence-electron chi connectivity index (χ3n) is 5.31. The molecular weight excluding hydrogens is 480 g/mol. The Balaban J connectivity index is 1.53. The van der Waals surface area contributed by atoms with E-state index >= 15 is 0 Å². The van der Waals surface area contributed by atoms with Crippen molar-refractivity contribution in [3.05, 3.63) is 88.3 Å². The van der Waals surface area contributed by atoms with E-state index in [1.165, 1.54) is 38.7 Å². The summed E-state index contributed by atoms with van der Waals surface area (Å²) in [4.78, 5) is 37.7. The zero-order valence-electron chi connectivity index (χ0n) is 20.4. The summed E-state index contributed by atoms with van der Waals surface area (Å²) in [7, 11) is 2.87. The van der Waals surface area contributed by atoms with Gasteiger partial charge < -0.3 is 28.1 Å². The Hall–Kier alpha value is -4.79. The van der Waals surface area contributed by atoms with Crippen molar-refractivity contribution in [2.45, 2.75) is 13.3 Å². The van der Waals surface area contributed by atoms with Gasteiger partial charge in [0.2, 0.25) is 11.2 Å². The molecule has 0 N–H and O–H groups in total. The molecule has 0 amide bonds. The molecule has 4 rings (SSSR count). The first-order chi connectivity index (χ1) is 17.9. The molecule has 9 nitrogen and oxygen atoms in total. The van der Waals surface area contributed by atoms with E-state index in [1.54, 1.807) is 42.5 Å². The summed E-state index contributed by atoms with van der Waals surface area (Å²) in [5, 5.41) is 0.229.